The van der Waals surface area contributed by atoms with Gasteiger partial charge in [-0.15, -0.1) is 0 Å². The van der Waals surface area contributed by atoms with Gasteiger partial charge in [-0.2, -0.15) is 13.2 Å². The second kappa shape index (κ2) is 6.81. The van der Waals surface area contributed by atoms with Gasteiger partial charge in [0.1, 0.15) is 11.5 Å². The summed E-state index contributed by atoms with van der Waals surface area (Å²) in [5.74, 6) is 0.459. The van der Waals surface area contributed by atoms with Gasteiger partial charge in [-0.1, -0.05) is 24.3 Å². The lowest BCUT2D eigenvalue weighted by atomic mass is 10.0. The first-order valence-electron chi connectivity index (χ1n) is 6.72. The van der Waals surface area contributed by atoms with Crippen LogP contribution in [0.2, 0.25) is 0 Å². The zero-order valence-corrected chi connectivity index (χ0v) is 11.7. The molecule has 0 fully saturated rings. The van der Waals surface area contributed by atoms with Crippen LogP contribution in [0.15, 0.2) is 48.5 Å². The number of aliphatic hydroxyl groups is 1. The molecular formula is C16H16F3NO2. The van der Waals surface area contributed by atoms with E-state index in [4.69, 9.17) is 15.6 Å². The molecular weight excluding hydrogens is 295 g/mol. The molecule has 0 radical (unpaired) electrons. The van der Waals surface area contributed by atoms with Crippen LogP contribution in [0.4, 0.5) is 13.2 Å². The molecule has 2 aromatic carbocycles. The van der Waals surface area contributed by atoms with Crippen molar-refractivity contribution in [3.8, 4) is 11.5 Å². The summed E-state index contributed by atoms with van der Waals surface area (Å²) in [6.07, 6.45) is -4.09. The van der Waals surface area contributed by atoms with Crippen LogP contribution in [-0.2, 0) is 6.18 Å². The molecule has 0 saturated carbocycles. The Morgan fingerprint density at radius 2 is 1.82 bits per heavy atom. The SMILES string of the molecule is N[C@@H](CCO)c1ccccc1Oc1cccc(C(F)(F)F)c1. The van der Waals surface area contributed by atoms with Crippen LogP contribution in [-0.4, -0.2) is 11.7 Å². The van der Waals surface area contributed by atoms with Gasteiger partial charge in [-0.05, 0) is 30.7 Å². The van der Waals surface area contributed by atoms with Crippen LogP contribution in [0.25, 0.3) is 0 Å². The van der Waals surface area contributed by atoms with E-state index in [1.165, 1.54) is 12.1 Å². The second-order valence-electron chi connectivity index (χ2n) is 4.78. The summed E-state index contributed by atoms with van der Waals surface area (Å²) in [7, 11) is 0. The molecule has 2 rings (SSSR count). The topological polar surface area (TPSA) is 55.5 Å². The molecule has 0 amide bonds. The third-order valence-corrected chi connectivity index (χ3v) is 3.15. The highest BCUT2D eigenvalue weighted by atomic mass is 19.4. The molecule has 1 atom stereocenters. The van der Waals surface area contributed by atoms with Crippen LogP contribution >= 0.6 is 0 Å². The highest BCUT2D eigenvalue weighted by Crippen LogP contribution is 2.34. The van der Waals surface area contributed by atoms with Crippen LogP contribution in [0.1, 0.15) is 23.6 Å². The number of benzene rings is 2. The average Bonchev–Trinajstić information content (AvgIpc) is 2.47. The lowest BCUT2D eigenvalue weighted by Crippen LogP contribution is -2.13. The molecule has 0 aromatic heterocycles. The molecule has 22 heavy (non-hydrogen) atoms. The number of aliphatic hydroxyl groups excluding tert-OH is 1. The molecule has 0 aliphatic carbocycles. The van der Waals surface area contributed by atoms with E-state index in [1.807, 2.05) is 0 Å². The van der Waals surface area contributed by atoms with Gasteiger partial charge in [-0.3, -0.25) is 0 Å². The summed E-state index contributed by atoms with van der Waals surface area (Å²) in [6, 6.07) is 11.0. The number of para-hydroxylation sites is 1. The number of alkyl halides is 3. The zero-order valence-electron chi connectivity index (χ0n) is 11.7. The number of hydrogen-bond acceptors (Lipinski definition) is 3. The first kappa shape index (κ1) is 16.3. The number of hydrogen-bond donors (Lipinski definition) is 2. The van der Waals surface area contributed by atoms with Gasteiger partial charge in [0.25, 0.3) is 0 Å². The molecule has 0 saturated heterocycles. The minimum Gasteiger partial charge on any atom is -0.457 e. The highest BCUT2D eigenvalue weighted by Gasteiger charge is 2.30. The molecule has 0 aliphatic heterocycles. The van der Waals surface area contributed by atoms with Gasteiger partial charge < -0.3 is 15.6 Å². The van der Waals surface area contributed by atoms with Gasteiger partial charge in [-0.25, -0.2) is 0 Å². The van der Waals surface area contributed by atoms with Crippen molar-refractivity contribution in [2.24, 2.45) is 5.73 Å². The van der Waals surface area contributed by atoms with Crippen LogP contribution in [0.3, 0.4) is 0 Å². The average molecular weight is 311 g/mol. The number of nitrogens with two attached hydrogens (primary N) is 1. The Hall–Kier alpha value is -2.05. The number of ether oxygens (including phenoxy) is 1. The van der Waals surface area contributed by atoms with Gasteiger partial charge in [0, 0.05) is 18.2 Å². The molecule has 3 N–H and O–H groups in total. The van der Waals surface area contributed by atoms with E-state index < -0.39 is 17.8 Å². The Kier molecular flexibility index (Phi) is 5.05. The minimum atomic E-state index is -4.42. The maximum atomic E-state index is 12.7. The Morgan fingerprint density at radius 1 is 1.09 bits per heavy atom. The van der Waals surface area contributed by atoms with E-state index in [1.54, 1.807) is 24.3 Å². The Morgan fingerprint density at radius 3 is 2.50 bits per heavy atom. The summed E-state index contributed by atoms with van der Waals surface area (Å²) < 4.78 is 43.7. The summed E-state index contributed by atoms with van der Waals surface area (Å²) in [4.78, 5) is 0. The van der Waals surface area contributed by atoms with E-state index in [-0.39, 0.29) is 12.4 Å². The maximum Gasteiger partial charge on any atom is 0.416 e. The Balaban J connectivity index is 2.28. The van der Waals surface area contributed by atoms with Gasteiger partial charge in [0.2, 0.25) is 0 Å². The Labute approximate surface area is 126 Å². The van der Waals surface area contributed by atoms with Gasteiger partial charge in [0.15, 0.2) is 0 Å². The fraction of sp³-hybridized carbons (Fsp3) is 0.250. The molecule has 0 spiro atoms. The second-order valence-corrected chi connectivity index (χ2v) is 4.78. The molecule has 118 valence electrons. The predicted molar refractivity (Wildman–Crippen MR) is 76.6 cm³/mol. The molecule has 3 nitrogen and oxygen atoms in total. The molecule has 6 heteroatoms. The summed E-state index contributed by atoms with van der Waals surface area (Å²) in [5.41, 5.74) is 5.80. The van der Waals surface area contributed by atoms with Crippen LogP contribution in [0.5, 0.6) is 11.5 Å². The quantitative estimate of drug-likeness (QED) is 0.881. The molecule has 0 bridgehead atoms. The van der Waals surface area contributed by atoms with Crippen molar-refractivity contribution in [1.29, 1.82) is 0 Å². The summed E-state index contributed by atoms with van der Waals surface area (Å²) in [5, 5.41) is 8.96. The van der Waals surface area contributed by atoms with E-state index in [2.05, 4.69) is 0 Å². The van der Waals surface area contributed by atoms with E-state index in [0.717, 1.165) is 12.1 Å². The maximum absolute atomic E-state index is 12.7. The van der Waals surface area contributed by atoms with Crippen molar-refractivity contribution in [3.63, 3.8) is 0 Å². The largest absolute Gasteiger partial charge is 0.457 e. The van der Waals surface area contributed by atoms with E-state index in [9.17, 15) is 13.2 Å². The molecule has 0 aliphatic rings. The monoisotopic (exact) mass is 311 g/mol. The minimum absolute atomic E-state index is 0.0819. The van der Waals surface area contributed by atoms with E-state index in [0.29, 0.717) is 17.7 Å². The summed E-state index contributed by atoms with van der Waals surface area (Å²) >= 11 is 0. The molecule has 2 aromatic rings. The van der Waals surface area contributed by atoms with Crippen molar-refractivity contribution >= 4 is 0 Å². The number of rotatable bonds is 5. The first-order valence-corrected chi connectivity index (χ1v) is 6.72. The van der Waals surface area contributed by atoms with Crippen LogP contribution < -0.4 is 10.5 Å². The fourth-order valence-electron chi connectivity index (χ4n) is 2.04. The van der Waals surface area contributed by atoms with Crippen molar-refractivity contribution in [3.05, 3.63) is 59.7 Å². The highest BCUT2D eigenvalue weighted by molar-refractivity contribution is 5.40. The summed E-state index contributed by atoms with van der Waals surface area (Å²) in [6.45, 7) is -0.0843. The predicted octanol–water partition coefficient (Wildman–Crippen LogP) is 3.88. The number of halogens is 3. The molecule has 0 heterocycles. The van der Waals surface area contributed by atoms with Crippen molar-refractivity contribution in [1.82, 2.24) is 0 Å². The Bertz CT molecular complexity index is 629. The van der Waals surface area contributed by atoms with Crippen LogP contribution in [0, 0.1) is 0 Å². The fourth-order valence-corrected chi connectivity index (χ4v) is 2.04. The van der Waals surface area contributed by atoms with Crippen molar-refractivity contribution in [2.75, 3.05) is 6.61 Å². The van der Waals surface area contributed by atoms with Crippen molar-refractivity contribution in [2.45, 2.75) is 18.6 Å². The lowest BCUT2D eigenvalue weighted by Gasteiger charge is -2.16. The first-order chi connectivity index (χ1) is 10.4. The molecule has 0 unspecified atom stereocenters. The standard InChI is InChI=1S/C16H16F3NO2/c17-16(18,19)11-4-3-5-12(10-11)22-15-7-2-1-6-13(15)14(20)8-9-21/h1-7,10,14,21H,8-9,20H2/t14-/m0/s1. The zero-order chi connectivity index (χ0) is 16.2. The van der Waals surface area contributed by atoms with E-state index >= 15 is 0 Å². The van der Waals surface area contributed by atoms with Gasteiger partial charge in [0.05, 0.1) is 5.56 Å². The van der Waals surface area contributed by atoms with Gasteiger partial charge >= 0.3 is 6.18 Å². The third kappa shape index (κ3) is 3.99. The normalized spacial score (nSPS) is 13.0. The van der Waals surface area contributed by atoms with Crippen molar-refractivity contribution < 1.29 is 23.0 Å². The lowest BCUT2D eigenvalue weighted by molar-refractivity contribution is -0.137. The smallest absolute Gasteiger partial charge is 0.416 e. The third-order valence-electron chi connectivity index (χ3n) is 3.15.